The van der Waals surface area contributed by atoms with Crippen molar-refractivity contribution in [1.29, 1.82) is 0 Å². The van der Waals surface area contributed by atoms with Gasteiger partial charge in [-0.05, 0) is 36.6 Å². The van der Waals surface area contributed by atoms with Gasteiger partial charge in [0.2, 0.25) is 0 Å². The van der Waals surface area contributed by atoms with Gasteiger partial charge in [0, 0.05) is 5.02 Å². The van der Waals surface area contributed by atoms with E-state index in [4.69, 9.17) is 22.8 Å². The average molecular weight is 207 g/mol. The molecule has 2 heteroatoms. The van der Waals surface area contributed by atoms with E-state index in [0.717, 1.165) is 5.56 Å². The van der Waals surface area contributed by atoms with Crippen molar-refractivity contribution < 1.29 is 4.74 Å². The van der Waals surface area contributed by atoms with Gasteiger partial charge in [-0.25, -0.2) is 0 Å². The summed E-state index contributed by atoms with van der Waals surface area (Å²) in [5, 5.41) is 0.709. The van der Waals surface area contributed by atoms with E-state index < -0.39 is 0 Å². The summed E-state index contributed by atoms with van der Waals surface area (Å²) >= 11 is 5.75. The van der Waals surface area contributed by atoms with Gasteiger partial charge in [-0.3, -0.25) is 0 Å². The third-order valence-corrected chi connectivity index (χ3v) is 1.86. The molecule has 0 aliphatic rings. The maximum absolute atomic E-state index is 5.75. The van der Waals surface area contributed by atoms with Crippen molar-refractivity contribution in [2.24, 2.45) is 0 Å². The summed E-state index contributed by atoms with van der Waals surface area (Å²) in [5.41, 5.74) is 0.982. The van der Waals surface area contributed by atoms with Crippen LogP contribution in [0.15, 0.2) is 30.0 Å². The molecule has 0 amide bonds. The van der Waals surface area contributed by atoms with Crippen LogP contribution in [0.1, 0.15) is 12.5 Å². The highest BCUT2D eigenvalue weighted by Gasteiger charge is 1.93. The Labute approximate surface area is 89.3 Å². The second kappa shape index (κ2) is 5.36. The molecular weight excluding hydrogens is 196 g/mol. The number of allylic oxidation sites excluding steroid dienone is 1. The Hall–Kier alpha value is -1.39. The summed E-state index contributed by atoms with van der Waals surface area (Å²) in [6, 6.07) is 7.40. The Morgan fingerprint density at radius 2 is 2.14 bits per heavy atom. The van der Waals surface area contributed by atoms with Gasteiger partial charge in [-0.15, -0.1) is 6.42 Å². The van der Waals surface area contributed by atoms with E-state index in [1.807, 2.05) is 31.2 Å². The van der Waals surface area contributed by atoms with Gasteiger partial charge in [-0.2, -0.15) is 0 Å². The zero-order chi connectivity index (χ0) is 10.4. The zero-order valence-corrected chi connectivity index (χ0v) is 8.71. The second-order valence-electron chi connectivity index (χ2n) is 2.64. The molecule has 0 spiro atoms. The van der Waals surface area contributed by atoms with Crippen LogP contribution < -0.4 is 0 Å². The molecule has 0 heterocycles. The molecule has 1 nitrogen and oxygen atoms in total. The van der Waals surface area contributed by atoms with Crippen LogP contribution in [0.5, 0.6) is 0 Å². The molecule has 0 aliphatic carbocycles. The van der Waals surface area contributed by atoms with Crippen molar-refractivity contribution in [2.75, 3.05) is 6.61 Å². The minimum Gasteiger partial charge on any atom is -0.486 e. The molecule has 0 atom stereocenters. The van der Waals surface area contributed by atoms with Gasteiger partial charge in [0.05, 0.1) is 6.61 Å². The highest BCUT2D eigenvalue weighted by molar-refractivity contribution is 6.30. The number of terminal acetylenes is 1. The SMILES string of the molecule is C#C/C(=C\c1ccc(Cl)cc1)OCC. The first kappa shape index (κ1) is 10.7. The molecule has 0 aliphatic heterocycles. The second-order valence-corrected chi connectivity index (χ2v) is 3.07. The summed E-state index contributed by atoms with van der Waals surface area (Å²) in [6.45, 7) is 2.47. The third-order valence-electron chi connectivity index (χ3n) is 1.61. The van der Waals surface area contributed by atoms with E-state index in [1.165, 1.54) is 0 Å². The van der Waals surface area contributed by atoms with E-state index in [9.17, 15) is 0 Å². The summed E-state index contributed by atoms with van der Waals surface area (Å²) in [6.07, 6.45) is 7.07. The highest BCUT2D eigenvalue weighted by Crippen LogP contribution is 2.12. The number of halogens is 1. The number of ether oxygens (including phenoxy) is 1. The van der Waals surface area contributed by atoms with Crippen LogP contribution in [0.4, 0.5) is 0 Å². The van der Waals surface area contributed by atoms with E-state index in [2.05, 4.69) is 5.92 Å². The van der Waals surface area contributed by atoms with Crippen molar-refractivity contribution in [1.82, 2.24) is 0 Å². The Morgan fingerprint density at radius 3 is 2.64 bits per heavy atom. The predicted molar refractivity (Wildman–Crippen MR) is 59.9 cm³/mol. The molecule has 0 saturated heterocycles. The molecule has 0 unspecified atom stereocenters. The van der Waals surface area contributed by atoms with Crippen molar-refractivity contribution >= 4 is 17.7 Å². The van der Waals surface area contributed by atoms with Crippen LogP contribution in [0.2, 0.25) is 5.02 Å². The van der Waals surface area contributed by atoms with Crippen LogP contribution in [0, 0.1) is 12.3 Å². The Kier molecular flexibility index (Phi) is 4.10. The first-order valence-electron chi connectivity index (χ1n) is 4.33. The molecule has 0 saturated carbocycles. The summed E-state index contributed by atoms with van der Waals surface area (Å²) in [4.78, 5) is 0. The standard InChI is InChI=1S/C12H11ClO/c1-3-12(14-4-2)9-10-5-7-11(13)8-6-10/h1,5-9H,4H2,2H3/b12-9+. The smallest absolute Gasteiger partial charge is 0.170 e. The van der Waals surface area contributed by atoms with Crippen molar-refractivity contribution in [3.8, 4) is 12.3 Å². The molecule has 1 aromatic carbocycles. The lowest BCUT2D eigenvalue weighted by Crippen LogP contribution is -1.87. The molecule has 1 aromatic rings. The quantitative estimate of drug-likeness (QED) is 0.545. The Bertz CT molecular complexity index is 357. The molecule has 72 valence electrons. The van der Waals surface area contributed by atoms with Gasteiger partial charge < -0.3 is 4.74 Å². The van der Waals surface area contributed by atoms with Crippen LogP contribution >= 0.6 is 11.6 Å². The molecular formula is C12H11ClO. The van der Waals surface area contributed by atoms with Crippen LogP contribution in [0.25, 0.3) is 6.08 Å². The maximum Gasteiger partial charge on any atom is 0.170 e. The monoisotopic (exact) mass is 206 g/mol. The fourth-order valence-electron chi connectivity index (χ4n) is 0.991. The molecule has 0 bridgehead atoms. The Morgan fingerprint density at radius 1 is 1.50 bits per heavy atom. The largest absolute Gasteiger partial charge is 0.486 e. The minimum absolute atomic E-state index is 0.537. The van der Waals surface area contributed by atoms with Gasteiger partial charge >= 0.3 is 0 Å². The summed E-state index contributed by atoms with van der Waals surface area (Å²) < 4.78 is 5.22. The Balaban J connectivity index is 2.85. The van der Waals surface area contributed by atoms with E-state index >= 15 is 0 Å². The molecule has 0 fully saturated rings. The number of rotatable bonds is 3. The molecule has 0 radical (unpaired) electrons. The van der Waals surface area contributed by atoms with Gasteiger partial charge in [0.25, 0.3) is 0 Å². The molecule has 0 N–H and O–H groups in total. The molecule has 0 aromatic heterocycles. The number of hydrogen-bond donors (Lipinski definition) is 0. The normalized spacial score (nSPS) is 10.8. The van der Waals surface area contributed by atoms with Crippen LogP contribution in [0.3, 0.4) is 0 Å². The van der Waals surface area contributed by atoms with Crippen molar-refractivity contribution in [2.45, 2.75) is 6.92 Å². The van der Waals surface area contributed by atoms with Gasteiger partial charge in [0.1, 0.15) is 0 Å². The predicted octanol–water partition coefficient (Wildman–Crippen LogP) is 3.35. The molecule has 14 heavy (non-hydrogen) atoms. The van der Waals surface area contributed by atoms with Gasteiger partial charge in [0.15, 0.2) is 5.76 Å². The van der Waals surface area contributed by atoms with Crippen LogP contribution in [-0.2, 0) is 4.74 Å². The van der Waals surface area contributed by atoms with Gasteiger partial charge in [-0.1, -0.05) is 23.7 Å². The average Bonchev–Trinajstić information content (AvgIpc) is 2.20. The van der Waals surface area contributed by atoms with E-state index in [0.29, 0.717) is 17.4 Å². The first-order valence-corrected chi connectivity index (χ1v) is 4.70. The minimum atomic E-state index is 0.537. The number of hydrogen-bond acceptors (Lipinski definition) is 1. The van der Waals surface area contributed by atoms with Crippen LogP contribution in [-0.4, -0.2) is 6.61 Å². The van der Waals surface area contributed by atoms with Crippen molar-refractivity contribution in [3.63, 3.8) is 0 Å². The summed E-state index contributed by atoms with van der Waals surface area (Å²) in [5.74, 6) is 3.01. The summed E-state index contributed by atoms with van der Waals surface area (Å²) in [7, 11) is 0. The number of benzene rings is 1. The lowest BCUT2D eigenvalue weighted by atomic mass is 10.2. The topological polar surface area (TPSA) is 9.23 Å². The highest BCUT2D eigenvalue weighted by atomic mass is 35.5. The fraction of sp³-hybridized carbons (Fsp3) is 0.167. The van der Waals surface area contributed by atoms with E-state index in [1.54, 1.807) is 6.08 Å². The maximum atomic E-state index is 5.75. The third kappa shape index (κ3) is 3.16. The lowest BCUT2D eigenvalue weighted by molar-refractivity contribution is 0.249. The van der Waals surface area contributed by atoms with Crippen molar-refractivity contribution in [3.05, 3.63) is 40.6 Å². The molecule has 1 rings (SSSR count). The fourth-order valence-corrected chi connectivity index (χ4v) is 1.12. The zero-order valence-electron chi connectivity index (χ0n) is 7.96. The van der Waals surface area contributed by atoms with E-state index in [-0.39, 0.29) is 0 Å². The lowest BCUT2D eigenvalue weighted by Gasteiger charge is -2.01. The first-order chi connectivity index (χ1) is 6.76.